The van der Waals surface area contributed by atoms with Gasteiger partial charge in [-0.15, -0.1) is 0 Å². The van der Waals surface area contributed by atoms with Crippen LogP contribution in [0.25, 0.3) is 11.6 Å². The lowest BCUT2D eigenvalue weighted by Gasteiger charge is -2.02. The van der Waals surface area contributed by atoms with Crippen LogP contribution in [0.3, 0.4) is 0 Å². The zero-order chi connectivity index (χ0) is 9.97. The molecular weight excluding hydrogens is 178 g/mol. The van der Waals surface area contributed by atoms with Crippen molar-refractivity contribution in [3.63, 3.8) is 0 Å². The van der Waals surface area contributed by atoms with Crippen molar-refractivity contribution in [1.29, 1.82) is 0 Å². The van der Waals surface area contributed by atoms with Crippen LogP contribution in [0.15, 0.2) is 29.0 Å². The second-order valence-electron chi connectivity index (χ2n) is 3.14. The first-order chi connectivity index (χ1) is 6.83. The quantitative estimate of drug-likeness (QED) is 0.797. The fraction of sp³-hybridized carbons (Fsp3) is 0.300. The Balaban J connectivity index is 2.36. The normalized spacial score (nSPS) is 10.7. The van der Waals surface area contributed by atoms with Crippen molar-refractivity contribution in [1.82, 2.24) is 14.9 Å². The van der Waals surface area contributed by atoms with Crippen LogP contribution in [-0.2, 0) is 13.6 Å². The molecule has 0 aliphatic heterocycles. The van der Waals surface area contributed by atoms with Crippen LogP contribution >= 0.6 is 0 Å². The summed E-state index contributed by atoms with van der Waals surface area (Å²) in [5.41, 5.74) is 1.14. The average Bonchev–Trinajstić information content (AvgIpc) is 2.77. The topological polar surface area (TPSA) is 43.0 Å². The fourth-order valence-electron chi connectivity index (χ4n) is 1.42. The van der Waals surface area contributed by atoms with E-state index in [1.807, 2.05) is 37.0 Å². The van der Waals surface area contributed by atoms with Crippen molar-refractivity contribution in [2.45, 2.75) is 6.54 Å². The molecule has 0 unspecified atom stereocenters. The number of aromatic nitrogens is 2. The number of hydrogen-bond acceptors (Lipinski definition) is 3. The Kier molecular flexibility index (Phi) is 2.37. The van der Waals surface area contributed by atoms with Gasteiger partial charge in [-0.3, -0.25) is 0 Å². The smallest absolute Gasteiger partial charge is 0.176 e. The summed E-state index contributed by atoms with van der Waals surface area (Å²) in [6, 6.07) is 3.77. The molecule has 2 aromatic rings. The lowest BCUT2D eigenvalue weighted by Crippen LogP contribution is -2.09. The number of nitrogens with one attached hydrogen (secondary N) is 1. The Morgan fingerprint density at radius 1 is 1.57 bits per heavy atom. The third-order valence-electron chi connectivity index (χ3n) is 2.18. The van der Waals surface area contributed by atoms with Crippen molar-refractivity contribution in [3.8, 4) is 11.6 Å². The highest BCUT2D eigenvalue weighted by atomic mass is 16.3. The Morgan fingerprint density at radius 2 is 2.43 bits per heavy atom. The van der Waals surface area contributed by atoms with Crippen LogP contribution in [0, 0.1) is 0 Å². The number of imidazole rings is 1. The third-order valence-corrected chi connectivity index (χ3v) is 2.18. The highest BCUT2D eigenvalue weighted by molar-refractivity contribution is 5.47. The number of nitrogens with zero attached hydrogens (tertiary/aromatic N) is 2. The van der Waals surface area contributed by atoms with E-state index in [4.69, 9.17) is 4.42 Å². The van der Waals surface area contributed by atoms with E-state index in [1.54, 1.807) is 6.26 Å². The van der Waals surface area contributed by atoms with Gasteiger partial charge in [-0.1, -0.05) is 0 Å². The molecule has 0 aliphatic rings. The van der Waals surface area contributed by atoms with Crippen molar-refractivity contribution < 1.29 is 4.42 Å². The molecule has 0 aliphatic carbocycles. The summed E-state index contributed by atoms with van der Waals surface area (Å²) in [5.74, 6) is 1.66. The summed E-state index contributed by atoms with van der Waals surface area (Å²) < 4.78 is 7.31. The van der Waals surface area contributed by atoms with Gasteiger partial charge in [-0.2, -0.15) is 0 Å². The van der Waals surface area contributed by atoms with Crippen LogP contribution in [0.4, 0.5) is 0 Å². The van der Waals surface area contributed by atoms with E-state index in [0.717, 1.165) is 23.8 Å². The monoisotopic (exact) mass is 191 g/mol. The minimum Gasteiger partial charge on any atom is -0.461 e. The highest BCUT2D eigenvalue weighted by Gasteiger charge is 2.09. The zero-order valence-corrected chi connectivity index (χ0v) is 8.32. The maximum absolute atomic E-state index is 5.29. The molecule has 0 radical (unpaired) electrons. The van der Waals surface area contributed by atoms with Crippen LogP contribution < -0.4 is 5.32 Å². The molecule has 4 heteroatoms. The molecule has 2 aromatic heterocycles. The molecule has 14 heavy (non-hydrogen) atoms. The third kappa shape index (κ3) is 1.44. The van der Waals surface area contributed by atoms with Crippen LogP contribution in [-0.4, -0.2) is 16.6 Å². The van der Waals surface area contributed by atoms with E-state index in [-0.39, 0.29) is 0 Å². The van der Waals surface area contributed by atoms with E-state index in [2.05, 4.69) is 10.3 Å². The Hall–Kier alpha value is -1.55. The Bertz CT molecular complexity index is 403. The van der Waals surface area contributed by atoms with Crippen molar-refractivity contribution in [3.05, 3.63) is 30.3 Å². The molecule has 0 spiro atoms. The Labute approximate surface area is 82.6 Å². The van der Waals surface area contributed by atoms with E-state index in [0.29, 0.717) is 0 Å². The van der Waals surface area contributed by atoms with Gasteiger partial charge in [0.05, 0.1) is 18.2 Å². The second kappa shape index (κ2) is 3.67. The molecule has 2 heterocycles. The van der Waals surface area contributed by atoms with Crippen LogP contribution in [0.2, 0.25) is 0 Å². The summed E-state index contributed by atoms with van der Waals surface area (Å²) >= 11 is 0. The van der Waals surface area contributed by atoms with E-state index >= 15 is 0 Å². The maximum atomic E-state index is 5.29. The number of furan rings is 1. The molecule has 0 atom stereocenters. The molecule has 4 nitrogen and oxygen atoms in total. The lowest BCUT2D eigenvalue weighted by atomic mass is 10.4. The van der Waals surface area contributed by atoms with Gasteiger partial charge >= 0.3 is 0 Å². The molecule has 0 saturated heterocycles. The van der Waals surface area contributed by atoms with Gasteiger partial charge in [-0.25, -0.2) is 4.98 Å². The van der Waals surface area contributed by atoms with Gasteiger partial charge in [0, 0.05) is 13.6 Å². The molecule has 0 amide bonds. The second-order valence-corrected chi connectivity index (χ2v) is 3.14. The van der Waals surface area contributed by atoms with Gasteiger partial charge in [0.1, 0.15) is 0 Å². The summed E-state index contributed by atoms with van der Waals surface area (Å²) in [4.78, 5) is 4.31. The predicted molar refractivity (Wildman–Crippen MR) is 53.7 cm³/mol. The molecule has 0 aromatic carbocycles. The summed E-state index contributed by atoms with van der Waals surface area (Å²) in [6.45, 7) is 0.810. The minimum absolute atomic E-state index is 0.801. The van der Waals surface area contributed by atoms with Gasteiger partial charge in [0.2, 0.25) is 0 Å². The summed E-state index contributed by atoms with van der Waals surface area (Å²) in [5, 5.41) is 3.09. The van der Waals surface area contributed by atoms with E-state index in [1.165, 1.54) is 0 Å². The molecule has 0 bridgehead atoms. The summed E-state index contributed by atoms with van der Waals surface area (Å²) in [7, 11) is 3.90. The number of hydrogen-bond donors (Lipinski definition) is 1. The molecule has 2 rings (SSSR count). The lowest BCUT2D eigenvalue weighted by molar-refractivity contribution is 0.572. The Morgan fingerprint density at radius 3 is 3.07 bits per heavy atom. The first kappa shape index (κ1) is 9.02. The predicted octanol–water partition coefficient (Wildman–Crippen LogP) is 1.40. The molecule has 0 fully saturated rings. The maximum Gasteiger partial charge on any atom is 0.176 e. The largest absolute Gasteiger partial charge is 0.461 e. The first-order valence-electron chi connectivity index (χ1n) is 4.52. The SMILES string of the molecule is CNCc1cnc(-c2ccco2)n1C. The fourth-order valence-corrected chi connectivity index (χ4v) is 1.42. The van der Waals surface area contributed by atoms with Crippen molar-refractivity contribution >= 4 is 0 Å². The molecule has 0 saturated carbocycles. The van der Waals surface area contributed by atoms with Crippen molar-refractivity contribution in [2.24, 2.45) is 7.05 Å². The standard InChI is InChI=1S/C10H13N3O/c1-11-6-8-7-12-10(13(8)2)9-4-3-5-14-9/h3-5,7,11H,6H2,1-2H3. The molecule has 1 N–H and O–H groups in total. The number of rotatable bonds is 3. The zero-order valence-electron chi connectivity index (χ0n) is 8.32. The van der Waals surface area contributed by atoms with Crippen LogP contribution in [0.1, 0.15) is 5.69 Å². The van der Waals surface area contributed by atoms with E-state index in [9.17, 15) is 0 Å². The first-order valence-corrected chi connectivity index (χ1v) is 4.52. The molecular formula is C10H13N3O. The summed E-state index contributed by atoms with van der Waals surface area (Å²) in [6.07, 6.45) is 3.51. The van der Waals surface area contributed by atoms with Gasteiger partial charge in [0.25, 0.3) is 0 Å². The van der Waals surface area contributed by atoms with Crippen molar-refractivity contribution in [2.75, 3.05) is 7.05 Å². The van der Waals surface area contributed by atoms with Gasteiger partial charge in [-0.05, 0) is 19.2 Å². The molecule has 74 valence electrons. The van der Waals surface area contributed by atoms with Gasteiger partial charge < -0.3 is 14.3 Å². The average molecular weight is 191 g/mol. The van der Waals surface area contributed by atoms with E-state index < -0.39 is 0 Å². The minimum atomic E-state index is 0.801. The van der Waals surface area contributed by atoms with Crippen LogP contribution in [0.5, 0.6) is 0 Å². The van der Waals surface area contributed by atoms with Gasteiger partial charge in [0.15, 0.2) is 11.6 Å². The highest BCUT2D eigenvalue weighted by Crippen LogP contribution is 2.18.